The van der Waals surface area contributed by atoms with Gasteiger partial charge in [0, 0.05) is 13.1 Å². The van der Waals surface area contributed by atoms with Crippen molar-refractivity contribution in [2.24, 2.45) is 4.99 Å². The standard InChI is InChI=1S/C23H33FN2O3/c1-3-5-7-9-15-26(16-10-8-6-4-2)22(21-20(27)17-29-23(21)28)25-19-13-11-18(24)12-14-19/h11-14,27H,3-10,15-17H2,1-2H3. The average Bonchev–Trinajstić information content (AvgIpc) is 3.05. The lowest BCUT2D eigenvalue weighted by Gasteiger charge is -2.26. The largest absolute Gasteiger partial charge is 0.508 e. The van der Waals surface area contributed by atoms with Crippen LogP contribution in [0.15, 0.2) is 40.6 Å². The number of esters is 1. The fourth-order valence-electron chi connectivity index (χ4n) is 3.32. The van der Waals surface area contributed by atoms with Crippen molar-refractivity contribution in [3.05, 3.63) is 41.4 Å². The number of aliphatic imine (C=N–C) groups is 1. The van der Waals surface area contributed by atoms with Gasteiger partial charge in [0.25, 0.3) is 0 Å². The van der Waals surface area contributed by atoms with Crippen molar-refractivity contribution < 1.29 is 19.0 Å². The maximum absolute atomic E-state index is 13.3. The second-order valence-electron chi connectivity index (χ2n) is 7.42. The van der Waals surface area contributed by atoms with Crippen molar-refractivity contribution in [2.45, 2.75) is 65.2 Å². The molecule has 1 aliphatic rings. The fraction of sp³-hybridized carbons (Fsp3) is 0.565. The molecule has 0 spiro atoms. The molecule has 1 heterocycles. The first-order valence-electron chi connectivity index (χ1n) is 10.8. The number of benzene rings is 1. The number of hydrogen-bond acceptors (Lipinski definition) is 4. The van der Waals surface area contributed by atoms with Gasteiger partial charge in [-0.1, -0.05) is 52.4 Å². The third-order valence-electron chi connectivity index (χ3n) is 4.98. The van der Waals surface area contributed by atoms with E-state index in [1.165, 1.54) is 12.1 Å². The third-order valence-corrected chi connectivity index (χ3v) is 4.98. The van der Waals surface area contributed by atoms with E-state index in [4.69, 9.17) is 4.74 Å². The highest BCUT2D eigenvalue weighted by atomic mass is 19.1. The molecule has 6 heteroatoms. The molecule has 0 aromatic heterocycles. The molecular weight excluding hydrogens is 371 g/mol. The van der Waals surface area contributed by atoms with Gasteiger partial charge in [-0.05, 0) is 37.1 Å². The van der Waals surface area contributed by atoms with Gasteiger partial charge in [-0.2, -0.15) is 0 Å². The highest BCUT2D eigenvalue weighted by Crippen LogP contribution is 2.23. The van der Waals surface area contributed by atoms with Gasteiger partial charge in [-0.15, -0.1) is 0 Å². The predicted molar refractivity (Wildman–Crippen MR) is 114 cm³/mol. The maximum Gasteiger partial charge on any atom is 0.345 e. The molecule has 0 saturated heterocycles. The smallest absolute Gasteiger partial charge is 0.345 e. The van der Waals surface area contributed by atoms with Crippen LogP contribution in [0, 0.1) is 5.82 Å². The number of aliphatic hydroxyl groups excluding tert-OH is 1. The summed E-state index contributed by atoms with van der Waals surface area (Å²) in [5.41, 5.74) is 0.661. The van der Waals surface area contributed by atoms with Crippen molar-refractivity contribution in [3.8, 4) is 0 Å². The number of hydrogen-bond donors (Lipinski definition) is 1. The molecule has 1 aromatic rings. The molecule has 1 aliphatic heterocycles. The molecule has 0 aliphatic carbocycles. The number of aliphatic hydroxyl groups is 1. The summed E-state index contributed by atoms with van der Waals surface area (Å²) in [7, 11) is 0. The summed E-state index contributed by atoms with van der Waals surface area (Å²) in [4.78, 5) is 19.0. The first-order chi connectivity index (χ1) is 14.1. The number of ether oxygens (including phenoxy) is 1. The van der Waals surface area contributed by atoms with Gasteiger partial charge in [-0.25, -0.2) is 14.2 Å². The highest BCUT2D eigenvalue weighted by Gasteiger charge is 2.32. The minimum Gasteiger partial charge on any atom is -0.508 e. The van der Waals surface area contributed by atoms with Crippen LogP contribution in [0.5, 0.6) is 0 Å². The summed E-state index contributed by atoms with van der Waals surface area (Å²) in [6.45, 7) is 5.70. The first kappa shape index (κ1) is 22.9. The summed E-state index contributed by atoms with van der Waals surface area (Å²) >= 11 is 0. The number of rotatable bonds is 12. The van der Waals surface area contributed by atoms with E-state index >= 15 is 0 Å². The molecule has 5 nitrogen and oxygen atoms in total. The number of amidine groups is 1. The quantitative estimate of drug-likeness (QED) is 0.210. The minimum absolute atomic E-state index is 0.0945. The second-order valence-corrected chi connectivity index (χ2v) is 7.42. The molecule has 0 unspecified atom stereocenters. The molecule has 1 aromatic carbocycles. The van der Waals surface area contributed by atoms with E-state index in [9.17, 15) is 14.3 Å². The van der Waals surface area contributed by atoms with Gasteiger partial charge in [-0.3, -0.25) is 0 Å². The number of carbonyl (C=O) groups is 1. The maximum atomic E-state index is 13.3. The molecule has 0 saturated carbocycles. The van der Waals surface area contributed by atoms with Crippen molar-refractivity contribution in [1.29, 1.82) is 0 Å². The van der Waals surface area contributed by atoms with E-state index in [1.807, 2.05) is 0 Å². The number of nitrogens with zero attached hydrogens (tertiary/aromatic N) is 2. The van der Waals surface area contributed by atoms with Crippen LogP contribution in [0.2, 0.25) is 0 Å². The lowest BCUT2D eigenvalue weighted by atomic mass is 10.1. The zero-order valence-corrected chi connectivity index (χ0v) is 17.6. The van der Waals surface area contributed by atoms with Crippen LogP contribution in [0.4, 0.5) is 10.1 Å². The van der Waals surface area contributed by atoms with E-state index in [-0.39, 0.29) is 23.8 Å². The molecular formula is C23H33FN2O3. The van der Waals surface area contributed by atoms with Gasteiger partial charge in [0.2, 0.25) is 0 Å². The first-order valence-corrected chi connectivity index (χ1v) is 10.8. The Balaban J connectivity index is 2.32. The lowest BCUT2D eigenvalue weighted by Crippen LogP contribution is -2.36. The summed E-state index contributed by atoms with van der Waals surface area (Å²) in [6.07, 6.45) is 8.76. The lowest BCUT2D eigenvalue weighted by molar-refractivity contribution is -0.135. The third kappa shape index (κ3) is 7.18. The Hall–Kier alpha value is -2.37. The van der Waals surface area contributed by atoms with Crippen LogP contribution in [0.1, 0.15) is 65.2 Å². The fourth-order valence-corrected chi connectivity index (χ4v) is 3.32. The zero-order chi connectivity index (χ0) is 21.1. The average molecular weight is 405 g/mol. The summed E-state index contributed by atoms with van der Waals surface area (Å²) in [5.74, 6) is -0.577. The molecule has 0 amide bonds. The van der Waals surface area contributed by atoms with E-state index < -0.39 is 5.97 Å². The van der Waals surface area contributed by atoms with Crippen LogP contribution in [0.3, 0.4) is 0 Å². The SMILES string of the molecule is CCCCCCN(CCCCCC)C(=Nc1ccc(F)cc1)C1=C(O)COC1=O. The molecule has 0 fully saturated rings. The molecule has 1 N–H and O–H groups in total. The van der Waals surface area contributed by atoms with Gasteiger partial charge in [0.1, 0.15) is 29.6 Å². The molecule has 2 rings (SSSR count). The van der Waals surface area contributed by atoms with Crippen LogP contribution >= 0.6 is 0 Å². The summed E-state index contributed by atoms with van der Waals surface area (Å²) in [6, 6.07) is 5.81. The Bertz CT molecular complexity index is 701. The Morgan fingerprint density at radius 3 is 2.10 bits per heavy atom. The summed E-state index contributed by atoms with van der Waals surface area (Å²) in [5, 5.41) is 10.3. The predicted octanol–water partition coefficient (Wildman–Crippen LogP) is 5.69. The number of halogens is 1. The topological polar surface area (TPSA) is 62.1 Å². The van der Waals surface area contributed by atoms with Gasteiger partial charge in [0.05, 0.1) is 5.69 Å². The number of cyclic esters (lactones) is 1. The summed E-state index contributed by atoms with van der Waals surface area (Å²) < 4.78 is 18.3. The molecule has 0 atom stereocenters. The van der Waals surface area contributed by atoms with Crippen LogP contribution in [-0.2, 0) is 9.53 Å². The number of unbranched alkanes of at least 4 members (excludes halogenated alkanes) is 6. The van der Waals surface area contributed by atoms with Gasteiger partial charge >= 0.3 is 5.97 Å². The molecule has 0 bridgehead atoms. The number of carbonyl (C=O) groups excluding carboxylic acids is 1. The monoisotopic (exact) mass is 404 g/mol. The highest BCUT2D eigenvalue weighted by molar-refractivity contribution is 6.20. The zero-order valence-electron chi connectivity index (χ0n) is 17.6. The Morgan fingerprint density at radius 1 is 1.03 bits per heavy atom. The van der Waals surface area contributed by atoms with Gasteiger partial charge < -0.3 is 14.7 Å². The van der Waals surface area contributed by atoms with Crippen LogP contribution in [-0.4, -0.2) is 41.5 Å². The van der Waals surface area contributed by atoms with E-state index in [0.717, 1.165) is 64.5 Å². The normalized spacial score (nSPS) is 14.4. The second kappa shape index (κ2) is 12.2. The van der Waals surface area contributed by atoms with Crippen LogP contribution < -0.4 is 0 Å². The Labute approximate surface area is 173 Å². The van der Waals surface area contributed by atoms with Crippen molar-refractivity contribution in [1.82, 2.24) is 4.90 Å². The van der Waals surface area contributed by atoms with E-state index in [1.54, 1.807) is 12.1 Å². The van der Waals surface area contributed by atoms with Crippen molar-refractivity contribution in [2.75, 3.05) is 19.7 Å². The molecule has 160 valence electrons. The van der Waals surface area contributed by atoms with Crippen molar-refractivity contribution in [3.63, 3.8) is 0 Å². The molecule has 0 radical (unpaired) electrons. The Morgan fingerprint density at radius 2 is 1.62 bits per heavy atom. The Kier molecular flexibility index (Phi) is 9.68. The van der Waals surface area contributed by atoms with E-state index in [0.29, 0.717) is 11.5 Å². The van der Waals surface area contributed by atoms with Crippen molar-refractivity contribution >= 4 is 17.5 Å². The van der Waals surface area contributed by atoms with E-state index in [2.05, 4.69) is 23.7 Å². The van der Waals surface area contributed by atoms with Crippen LogP contribution in [0.25, 0.3) is 0 Å². The van der Waals surface area contributed by atoms with Gasteiger partial charge in [0.15, 0.2) is 0 Å². The molecule has 29 heavy (non-hydrogen) atoms. The minimum atomic E-state index is -0.560.